The van der Waals surface area contributed by atoms with Gasteiger partial charge in [0.2, 0.25) is 0 Å². The number of alkyl halides is 2. The van der Waals surface area contributed by atoms with E-state index in [0.717, 1.165) is 66.7 Å². The van der Waals surface area contributed by atoms with Gasteiger partial charge in [0.15, 0.2) is 0 Å². The maximum absolute atomic E-state index is 15.5. The summed E-state index contributed by atoms with van der Waals surface area (Å²) in [7, 11) is 6.84. The Morgan fingerprint density at radius 3 is 2.54 bits per heavy atom. The van der Waals surface area contributed by atoms with E-state index in [-0.39, 0.29) is 17.4 Å². The third kappa shape index (κ3) is 8.52. The number of nitrogens with one attached hydrogen (secondary N) is 2. The summed E-state index contributed by atoms with van der Waals surface area (Å²) in [6.07, 6.45) is 10.2. The molecule has 2 N–H and O–H groups in total. The van der Waals surface area contributed by atoms with Crippen LogP contribution in [-0.2, 0) is 12.5 Å². The predicted octanol–water partition coefficient (Wildman–Crippen LogP) is 8.74. The van der Waals surface area contributed by atoms with Crippen molar-refractivity contribution in [2.45, 2.75) is 97.0 Å². The van der Waals surface area contributed by atoms with Crippen LogP contribution in [0, 0.1) is 22.2 Å². The molecule has 3 heterocycles. The lowest BCUT2D eigenvalue weighted by atomic mass is 9.63. The normalized spacial score (nSPS) is 24.2. The van der Waals surface area contributed by atoms with E-state index >= 15 is 8.78 Å². The van der Waals surface area contributed by atoms with Crippen molar-refractivity contribution < 1.29 is 8.78 Å². The maximum Gasteiger partial charge on any atom is 0.273 e. The second-order valence-electron chi connectivity index (χ2n) is 13.6. The van der Waals surface area contributed by atoms with E-state index in [9.17, 15) is 5.26 Å². The molecule has 2 aromatic rings. The lowest BCUT2D eigenvalue weighted by Gasteiger charge is -2.42. The zero-order valence-electron chi connectivity index (χ0n) is 28.0. The Kier molecular flexibility index (Phi) is 12.0. The van der Waals surface area contributed by atoms with Crippen molar-refractivity contribution in [3.05, 3.63) is 65.6 Å². The summed E-state index contributed by atoms with van der Waals surface area (Å²) in [5.41, 5.74) is 1.01. The van der Waals surface area contributed by atoms with Crippen molar-refractivity contribution in [2.75, 3.05) is 35.2 Å². The van der Waals surface area contributed by atoms with E-state index in [1.54, 1.807) is 18.3 Å². The number of halogens is 2. The molecule has 1 aromatic heterocycles. The first-order chi connectivity index (χ1) is 21.9. The molecule has 2 aliphatic rings. The third-order valence-electron chi connectivity index (χ3n) is 9.78. The minimum atomic E-state index is -2.96. The highest BCUT2D eigenvalue weighted by Gasteiger charge is 2.43. The number of thioether (sulfide) groups is 1. The van der Waals surface area contributed by atoms with Gasteiger partial charge < -0.3 is 15.5 Å². The van der Waals surface area contributed by atoms with Gasteiger partial charge >= 0.3 is 0 Å². The zero-order valence-corrected chi connectivity index (χ0v) is 28.8. The number of nitrogens with zero attached hydrogens (tertiary/aromatic N) is 4. The van der Waals surface area contributed by atoms with Gasteiger partial charge in [-0.15, -0.1) is 0 Å². The fraction of sp³-hybridized carbons (Fsp3) is 0.583. The highest BCUT2D eigenvalue weighted by Crippen LogP contribution is 2.51. The van der Waals surface area contributed by atoms with Crippen LogP contribution in [0.15, 0.2) is 48.9 Å². The van der Waals surface area contributed by atoms with Crippen molar-refractivity contribution in [3.8, 4) is 6.07 Å². The molecule has 2 bridgehead atoms. The second-order valence-corrected chi connectivity index (χ2v) is 14.8. The number of nitriles is 1. The summed E-state index contributed by atoms with van der Waals surface area (Å²) in [5, 5.41) is 17.3. The van der Waals surface area contributed by atoms with Crippen LogP contribution in [0.3, 0.4) is 0 Å². The quantitative estimate of drug-likeness (QED) is 0.322. The van der Waals surface area contributed by atoms with Crippen LogP contribution in [0.1, 0.15) is 95.8 Å². The number of allylic oxidation sites excluding steroid dienone is 1. The Morgan fingerprint density at radius 2 is 1.85 bits per heavy atom. The summed E-state index contributed by atoms with van der Waals surface area (Å²) < 4.78 is 31.0. The first-order valence-corrected chi connectivity index (χ1v) is 17.7. The number of fused-ring (bicyclic) bond motifs is 3. The maximum atomic E-state index is 15.5. The van der Waals surface area contributed by atoms with E-state index in [0.29, 0.717) is 37.7 Å². The average Bonchev–Trinajstić information content (AvgIpc) is 3.03. The smallest absolute Gasteiger partial charge is 0.273 e. The number of aromatic nitrogens is 2. The van der Waals surface area contributed by atoms with E-state index in [4.69, 9.17) is 7.85 Å². The number of anilines is 2. The summed E-state index contributed by atoms with van der Waals surface area (Å²) in [6, 6.07) is 9.37. The van der Waals surface area contributed by atoms with Gasteiger partial charge in [-0.1, -0.05) is 65.3 Å². The lowest BCUT2D eigenvalue weighted by Crippen LogP contribution is -2.47. The topological polar surface area (TPSA) is 76.9 Å². The number of benzene rings is 1. The van der Waals surface area contributed by atoms with Crippen LogP contribution in [0.4, 0.5) is 20.4 Å². The fourth-order valence-electron chi connectivity index (χ4n) is 7.02. The van der Waals surface area contributed by atoms with Gasteiger partial charge in [0.25, 0.3) is 5.92 Å². The number of rotatable bonds is 4. The molecule has 4 rings (SSSR count). The van der Waals surface area contributed by atoms with Crippen molar-refractivity contribution in [1.82, 2.24) is 14.9 Å². The molecule has 1 saturated heterocycles. The van der Waals surface area contributed by atoms with Gasteiger partial charge in [-0.2, -0.15) is 17.0 Å². The summed E-state index contributed by atoms with van der Waals surface area (Å²) >= 11 is 1.89. The molecule has 46 heavy (non-hydrogen) atoms. The molecule has 6 nitrogen and oxygen atoms in total. The van der Waals surface area contributed by atoms with E-state index in [2.05, 4.69) is 58.1 Å². The molecule has 0 aliphatic carbocycles. The highest BCUT2D eigenvalue weighted by atomic mass is 32.2. The first-order valence-electron chi connectivity index (χ1n) is 16.6. The van der Waals surface area contributed by atoms with Crippen LogP contribution >= 0.6 is 11.8 Å². The van der Waals surface area contributed by atoms with Crippen molar-refractivity contribution in [1.29, 1.82) is 5.26 Å². The molecule has 0 saturated carbocycles. The minimum Gasteiger partial charge on any atom is -0.365 e. The van der Waals surface area contributed by atoms with Gasteiger partial charge in [-0.3, -0.25) is 0 Å². The van der Waals surface area contributed by atoms with E-state index < -0.39 is 16.8 Å². The Bertz CT molecular complexity index is 1410. The molecule has 0 amide bonds. The molecule has 1 unspecified atom stereocenters. The summed E-state index contributed by atoms with van der Waals surface area (Å²) in [6.45, 7) is 13.9. The van der Waals surface area contributed by atoms with Crippen molar-refractivity contribution in [3.63, 3.8) is 0 Å². The van der Waals surface area contributed by atoms with Crippen LogP contribution < -0.4 is 10.6 Å². The Morgan fingerprint density at radius 1 is 1.11 bits per heavy atom. The molecule has 1 fully saturated rings. The van der Waals surface area contributed by atoms with Crippen LogP contribution in [0.25, 0.3) is 6.08 Å². The average molecular weight is 647 g/mol. The Labute approximate surface area is 280 Å². The van der Waals surface area contributed by atoms with Gasteiger partial charge in [0.1, 0.15) is 18.0 Å². The highest BCUT2D eigenvalue weighted by molar-refractivity contribution is 7.99. The van der Waals surface area contributed by atoms with E-state index in [1.165, 1.54) is 12.4 Å². The van der Waals surface area contributed by atoms with Gasteiger partial charge in [-0.05, 0) is 97.0 Å². The van der Waals surface area contributed by atoms with Gasteiger partial charge in [0, 0.05) is 18.5 Å². The molecule has 2 aliphatic heterocycles. The Hall–Kier alpha value is -2.90. The number of hydrogen-bond donors (Lipinski definition) is 2. The molecule has 1 atom stereocenters. The zero-order chi connectivity index (χ0) is 33.4. The van der Waals surface area contributed by atoms with E-state index in [1.807, 2.05) is 31.7 Å². The molecule has 246 valence electrons. The monoisotopic (exact) mass is 646 g/mol. The molecule has 10 heteroatoms. The SMILES string of the molecule is [B]C1(C)CCCCC(C)(C)C(C2(C#N)CCSCC2)=Cc2c(NC=C)ncnc2NCc2cccc(c2)C(F)(F)CCCN1CC. The van der Waals surface area contributed by atoms with Crippen LogP contribution in [0.2, 0.25) is 0 Å². The Balaban J connectivity index is 1.84. The molecular formula is C36H49BF2N6S. The third-order valence-corrected chi connectivity index (χ3v) is 10.8. The first kappa shape index (κ1) is 35.9. The molecular weight excluding hydrogens is 597 g/mol. The van der Waals surface area contributed by atoms with Crippen molar-refractivity contribution in [2.24, 2.45) is 10.8 Å². The lowest BCUT2D eigenvalue weighted by molar-refractivity contribution is -0.0188. The predicted molar refractivity (Wildman–Crippen MR) is 189 cm³/mol. The van der Waals surface area contributed by atoms with Crippen LogP contribution in [0.5, 0.6) is 0 Å². The van der Waals surface area contributed by atoms with Crippen LogP contribution in [-0.4, -0.2) is 52.7 Å². The molecule has 2 radical (unpaired) electrons. The fourth-order valence-corrected chi connectivity index (χ4v) is 8.21. The minimum absolute atomic E-state index is 0.00625. The molecule has 1 aromatic carbocycles. The second kappa shape index (κ2) is 15.3. The summed E-state index contributed by atoms with van der Waals surface area (Å²) in [4.78, 5) is 11.3. The standard InChI is InChI=1S/C36H49BF2N6S/c1-6-41-31-29-23-30(35(25-40)17-20-46-21-18-35)33(3,4)14-8-9-15-34(5,37)45(7-2)19-11-16-36(38,39)28-13-10-12-27(22-28)24-42-32(29)44-26-43-31/h6,10,12-13,22-23,26H,1,7-9,11,14-21,24H2,2-5H3,(H2,41,42,43,44). The largest absolute Gasteiger partial charge is 0.365 e. The summed E-state index contributed by atoms with van der Waals surface area (Å²) in [5.74, 6) is 0.0227. The molecule has 0 spiro atoms. The van der Waals surface area contributed by atoms with Crippen molar-refractivity contribution >= 4 is 37.3 Å². The number of hydrogen-bond acceptors (Lipinski definition) is 7. The van der Waals surface area contributed by atoms with Gasteiger partial charge in [0.05, 0.1) is 24.9 Å². The van der Waals surface area contributed by atoms with Gasteiger partial charge in [-0.25, -0.2) is 18.7 Å².